The topological polar surface area (TPSA) is 42.7 Å². The average molecular weight is 214 g/mol. The van der Waals surface area contributed by atoms with Crippen molar-refractivity contribution in [1.82, 2.24) is 20.1 Å². The van der Waals surface area contributed by atoms with Crippen LogP contribution >= 0.6 is 0 Å². The summed E-state index contributed by atoms with van der Waals surface area (Å²) in [5.74, 6) is 0.642. The second-order valence-corrected chi connectivity index (χ2v) is 4.12. The molecule has 0 saturated carbocycles. The summed E-state index contributed by atoms with van der Waals surface area (Å²) in [5, 5.41) is 7.53. The van der Waals surface area contributed by atoms with Crippen LogP contribution in [0, 0.1) is 0 Å². The highest BCUT2D eigenvalue weighted by molar-refractivity contribution is 5.36. The lowest BCUT2D eigenvalue weighted by atomic mass is 9.98. The van der Waals surface area contributed by atoms with Crippen molar-refractivity contribution in [2.24, 2.45) is 0 Å². The quantitative estimate of drug-likeness (QED) is 0.820. The highest BCUT2D eigenvalue weighted by Gasteiger charge is 2.16. The number of hydrogen-bond donors (Lipinski definition) is 1. The van der Waals surface area contributed by atoms with Gasteiger partial charge in [0, 0.05) is 6.54 Å². The molecule has 1 aromatic heterocycles. The molecule has 1 aliphatic heterocycles. The summed E-state index contributed by atoms with van der Waals surface area (Å²) in [6.45, 7) is 2.21. The maximum absolute atomic E-state index is 4.14. The molecule has 4 heteroatoms. The number of rotatable bonds is 2. The molecule has 1 unspecified atom stereocenters. The van der Waals surface area contributed by atoms with Gasteiger partial charge in [-0.2, -0.15) is 5.10 Å². The van der Waals surface area contributed by atoms with Gasteiger partial charge >= 0.3 is 0 Å². The van der Waals surface area contributed by atoms with Crippen LogP contribution in [0.4, 0.5) is 0 Å². The molecule has 1 atom stereocenters. The van der Waals surface area contributed by atoms with E-state index < -0.39 is 0 Å². The van der Waals surface area contributed by atoms with Gasteiger partial charge in [0.05, 0.1) is 5.69 Å². The summed E-state index contributed by atoms with van der Waals surface area (Å²) in [7, 11) is 0. The second-order valence-electron chi connectivity index (χ2n) is 4.12. The highest BCUT2D eigenvalue weighted by atomic mass is 15.3. The molecule has 1 fully saturated rings. The van der Waals surface area contributed by atoms with E-state index in [0.717, 1.165) is 18.8 Å². The Labute approximate surface area is 94.3 Å². The number of nitrogens with one attached hydrogen (secondary N) is 1. The van der Waals surface area contributed by atoms with Crippen molar-refractivity contribution in [2.45, 2.75) is 12.3 Å². The SMILES string of the molecule is c1cc(C2CCNC2)cc(-n2cncn2)c1. The molecule has 82 valence electrons. The van der Waals surface area contributed by atoms with Crippen LogP contribution < -0.4 is 5.32 Å². The smallest absolute Gasteiger partial charge is 0.138 e. The number of nitrogens with zero attached hydrogens (tertiary/aromatic N) is 3. The van der Waals surface area contributed by atoms with Gasteiger partial charge in [0.25, 0.3) is 0 Å². The Hall–Kier alpha value is -1.68. The van der Waals surface area contributed by atoms with Crippen LogP contribution in [0.15, 0.2) is 36.9 Å². The Morgan fingerprint density at radius 1 is 1.38 bits per heavy atom. The first-order chi connectivity index (χ1) is 7.93. The predicted octanol–water partition coefficient (Wildman–Crippen LogP) is 1.34. The zero-order valence-corrected chi connectivity index (χ0v) is 9.00. The van der Waals surface area contributed by atoms with E-state index in [4.69, 9.17) is 0 Å². The van der Waals surface area contributed by atoms with Gasteiger partial charge in [0.15, 0.2) is 0 Å². The standard InChI is InChI=1S/C12H14N4/c1-2-10(11-4-5-13-7-11)6-12(3-1)16-9-14-8-15-16/h1-3,6,8-9,11,13H,4-5,7H2. The lowest BCUT2D eigenvalue weighted by molar-refractivity contribution is 0.759. The summed E-state index contributed by atoms with van der Waals surface area (Å²) >= 11 is 0. The van der Waals surface area contributed by atoms with Crippen LogP contribution in [0.2, 0.25) is 0 Å². The lowest BCUT2D eigenvalue weighted by Crippen LogP contribution is -2.08. The minimum absolute atomic E-state index is 0.642. The fourth-order valence-electron chi connectivity index (χ4n) is 2.20. The van der Waals surface area contributed by atoms with Crippen LogP contribution in [0.25, 0.3) is 5.69 Å². The lowest BCUT2D eigenvalue weighted by Gasteiger charge is -2.10. The molecule has 0 radical (unpaired) electrons. The molecule has 0 aliphatic carbocycles. The zero-order valence-electron chi connectivity index (χ0n) is 9.00. The van der Waals surface area contributed by atoms with E-state index in [-0.39, 0.29) is 0 Å². The van der Waals surface area contributed by atoms with Crippen molar-refractivity contribution in [2.75, 3.05) is 13.1 Å². The third-order valence-electron chi connectivity index (χ3n) is 3.09. The molecule has 0 amide bonds. The van der Waals surface area contributed by atoms with Gasteiger partial charge < -0.3 is 5.32 Å². The molecule has 2 heterocycles. The molecule has 4 nitrogen and oxygen atoms in total. The fourth-order valence-corrected chi connectivity index (χ4v) is 2.20. The summed E-state index contributed by atoms with van der Waals surface area (Å²) in [6.07, 6.45) is 4.51. The second kappa shape index (κ2) is 4.06. The van der Waals surface area contributed by atoms with Crippen LogP contribution in [0.5, 0.6) is 0 Å². The normalized spacial score (nSPS) is 20.1. The van der Waals surface area contributed by atoms with E-state index in [2.05, 4.69) is 39.7 Å². The molecule has 16 heavy (non-hydrogen) atoms. The molecular formula is C12H14N4. The largest absolute Gasteiger partial charge is 0.316 e. The molecule has 1 aliphatic rings. The van der Waals surface area contributed by atoms with Gasteiger partial charge in [0.2, 0.25) is 0 Å². The summed E-state index contributed by atoms with van der Waals surface area (Å²) in [6, 6.07) is 8.54. The van der Waals surface area contributed by atoms with Crippen molar-refractivity contribution in [3.63, 3.8) is 0 Å². The summed E-state index contributed by atoms with van der Waals surface area (Å²) in [5.41, 5.74) is 2.47. The first-order valence-corrected chi connectivity index (χ1v) is 5.59. The zero-order chi connectivity index (χ0) is 10.8. The van der Waals surface area contributed by atoms with E-state index in [1.807, 2.05) is 0 Å². The van der Waals surface area contributed by atoms with E-state index in [9.17, 15) is 0 Å². The molecule has 2 aromatic rings. The van der Waals surface area contributed by atoms with Gasteiger partial charge in [0.1, 0.15) is 12.7 Å². The summed E-state index contributed by atoms with van der Waals surface area (Å²) < 4.78 is 1.80. The third kappa shape index (κ3) is 1.72. The molecular weight excluding hydrogens is 200 g/mol. The van der Waals surface area contributed by atoms with Crippen molar-refractivity contribution in [1.29, 1.82) is 0 Å². The van der Waals surface area contributed by atoms with Crippen molar-refractivity contribution < 1.29 is 0 Å². The fraction of sp³-hybridized carbons (Fsp3) is 0.333. The first kappa shape index (κ1) is 9.54. The average Bonchev–Trinajstić information content (AvgIpc) is 3.03. The molecule has 0 spiro atoms. The Morgan fingerprint density at radius 3 is 3.12 bits per heavy atom. The molecule has 0 bridgehead atoms. The van der Waals surface area contributed by atoms with Gasteiger partial charge in [-0.25, -0.2) is 9.67 Å². The van der Waals surface area contributed by atoms with E-state index in [1.54, 1.807) is 17.3 Å². The third-order valence-corrected chi connectivity index (χ3v) is 3.09. The van der Waals surface area contributed by atoms with Gasteiger partial charge in [-0.05, 0) is 36.6 Å². The van der Waals surface area contributed by atoms with Gasteiger partial charge in [-0.3, -0.25) is 0 Å². The Kier molecular flexibility index (Phi) is 2.42. The Balaban J connectivity index is 1.93. The number of benzene rings is 1. The molecule has 3 rings (SSSR count). The van der Waals surface area contributed by atoms with Crippen LogP contribution in [0.1, 0.15) is 17.9 Å². The van der Waals surface area contributed by atoms with Crippen LogP contribution in [-0.4, -0.2) is 27.9 Å². The van der Waals surface area contributed by atoms with E-state index in [1.165, 1.54) is 12.0 Å². The number of hydrogen-bond acceptors (Lipinski definition) is 3. The van der Waals surface area contributed by atoms with Crippen molar-refractivity contribution in [3.8, 4) is 5.69 Å². The minimum atomic E-state index is 0.642. The highest BCUT2D eigenvalue weighted by Crippen LogP contribution is 2.23. The maximum atomic E-state index is 4.14. The predicted molar refractivity (Wildman–Crippen MR) is 61.6 cm³/mol. The first-order valence-electron chi connectivity index (χ1n) is 5.59. The maximum Gasteiger partial charge on any atom is 0.138 e. The summed E-state index contributed by atoms with van der Waals surface area (Å²) in [4.78, 5) is 3.97. The number of aromatic nitrogens is 3. The van der Waals surface area contributed by atoms with Crippen molar-refractivity contribution in [3.05, 3.63) is 42.5 Å². The van der Waals surface area contributed by atoms with Crippen molar-refractivity contribution >= 4 is 0 Å². The van der Waals surface area contributed by atoms with Crippen LogP contribution in [0.3, 0.4) is 0 Å². The monoisotopic (exact) mass is 214 g/mol. The minimum Gasteiger partial charge on any atom is -0.316 e. The molecule has 1 saturated heterocycles. The van der Waals surface area contributed by atoms with Crippen LogP contribution in [-0.2, 0) is 0 Å². The Bertz CT molecular complexity index is 458. The van der Waals surface area contributed by atoms with Gasteiger partial charge in [-0.1, -0.05) is 12.1 Å². The molecule has 1 N–H and O–H groups in total. The van der Waals surface area contributed by atoms with E-state index >= 15 is 0 Å². The Morgan fingerprint density at radius 2 is 2.38 bits per heavy atom. The molecule has 1 aromatic carbocycles. The van der Waals surface area contributed by atoms with Gasteiger partial charge in [-0.15, -0.1) is 0 Å². The van der Waals surface area contributed by atoms with E-state index in [0.29, 0.717) is 5.92 Å².